The van der Waals surface area contributed by atoms with Crippen LogP contribution in [0.4, 0.5) is 17.6 Å². The van der Waals surface area contributed by atoms with Gasteiger partial charge in [-0.05, 0) is 30.7 Å². The summed E-state index contributed by atoms with van der Waals surface area (Å²) in [4.78, 5) is 16.3. The predicted molar refractivity (Wildman–Crippen MR) is 78.4 cm³/mol. The van der Waals surface area contributed by atoms with Crippen LogP contribution in [-0.4, -0.2) is 36.1 Å². The third-order valence-corrected chi connectivity index (χ3v) is 2.87. The smallest absolute Gasteiger partial charge is 0.235 e. The van der Waals surface area contributed by atoms with E-state index in [1.807, 2.05) is 57.2 Å². The molecule has 0 spiro atoms. The first-order chi connectivity index (χ1) is 8.97. The first-order valence-electron chi connectivity index (χ1n) is 5.86. The number of benzene rings is 1. The number of hydrogen-bond acceptors (Lipinski definition) is 5. The van der Waals surface area contributed by atoms with Crippen LogP contribution in [0.1, 0.15) is 5.56 Å². The van der Waals surface area contributed by atoms with Crippen molar-refractivity contribution < 1.29 is 0 Å². The molecule has 0 amide bonds. The molecule has 0 bridgehead atoms. The normalized spacial score (nSPS) is 10.4. The Kier molecular flexibility index (Phi) is 3.85. The summed E-state index contributed by atoms with van der Waals surface area (Å²) >= 11 is 5.94. The van der Waals surface area contributed by atoms with Gasteiger partial charge in [0, 0.05) is 26.8 Å². The minimum Gasteiger partial charge on any atom is -0.347 e. The van der Waals surface area contributed by atoms with Crippen LogP contribution in [0, 0.1) is 6.92 Å². The molecule has 0 radical (unpaired) electrons. The summed E-state index contributed by atoms with van der Waals surface area (Å²) in [5, 5.41) is 0.188. The molecule has 2 rings (SSSR count). The molecule has 0 saturated heterocycles. The van der Waals surface area contributed by atoms with Gasteiger partial charge in [0.15, 0.2) is 0 Å². The summed E-state index contributed by atoms with van der Waals surface area (Å²) in [5.41, 5.74) is 2.21. The molecular formula is C13H16ClN5. The van der Waals surface area contributed by atoms with Gasteiger partial charge in [-0.1, -0.05) is 17.7 Å². The van der Waals surface area contributed by atoms with Gasteiger partial charge in [0.1, 0.15) is 0 Å². The second-order valence-corrected chi connectivity index (χ2v) is 4.83. The highest BCUT2D eigenvalue weighted by atomic mass is 35.5. The molecule has 0 aliphatic heterocycles. The van der Waals surface area contributed by atoms with Crippen LogP contribution in [0.5, 0.6) is 0 Å². The Morgan fingerprint density at radius 1 is 0.895 bits per heavy atom. The van der Waals surface area contributed by atoms with Crippen molar-refractivity contribution in [3.05, 3.63) is 35.1 Å². The third-order valence-electron chi connectivity index (χ3n) is 2.71. The van der Waals surface area contributed by atoms with Crippen molar-refractivity contribution in [2.45, 2.75) is 6.92 Å². The van der Waals surface area contributed by atoms with E-state index < -0.39 is 0 Å². The van der Waals surface area contributed by atoms with E-state index >= 15 is 0 Å². The fourth-order valence-corrected chi connectivity index (χ4v) is 1.71. The van der Waals surface area contributed by atoms with E-state index in [0.717, 1.165) is 5.69 Å². The topological polar surface area (TPSA) is 45.2 Å². The van der Waals surface area contributed by atoms with Crippen LogP contribution < -0.4 is 9.80 Å². The fourth-order valence-electron chi connectivity index (χ4n) is 1.56. The van der Waals surface area contributed by atoms with Gasteiger partial charge in [-0.2, -0.15) is 15.0 Å². The lowest BCUT2D eigenvalue weighted by Gasteiger charge is -2.19. The second-order valence-electron chi connectivity index (χ2n) is 4.49. The summed E-state index contributed by atoms with van der Waals surface area (Å²) in [5.74, 6) is 1.06. The van der Waals surface area contributed by atoms with Gasteiger partial charge >= 0.3 is 0 Å². The molecule has 5 nitrogen and oxygen atoms in total. The van der Waals surface area contributed by atoms with Gasteiger partial charge in [-0.15, -0.1) is 0 Å². The van der Waals surface area contributed by atoms with Crippen LogP contribution in [0.2, 0.25) is 5.28 Å². The zero-order valence-electron chi connectivity index (χ0n) is 11.4. The summed E-state index contributed by atoms with van der Waals surface area (Å²) < 4.78 is 0. The van der Waals surface area contributed by atoms with Crippen molar-refractivity contribution in [1.29, 1.82) is 0 Å². The van der Waals surface area contributed by atoms with Crippen molar-refractivity contribution >= 4 is 29.2 Å². The van der Waals surface area contributed by atoms with Crippen molar-refractivity contribution in [1.82, 2.24) is 15.0 Å². The summed E-state index contributed by atoms with van der Waals surface area (Å²) in [6.07, 6.45) is 0. The summed E-state index contributed by atoms with van der Waals surface area (Å²) in [6, 6.07) is 8.12. The number of halogens is 1. The van der Waals surface area contributed by atoms with E-state index in [0.29, 0.717) is 11.9 Å². The molecule has 19 heavy (non-hydrogen) atoms. The van der Waals surface area contributed by atoms with Crippen molar-refractivity contribution in [2.24, 2.45) is 0 Å². The highest BCUT2D eigenvalue weighted by molar-refractivity contribution is 6.28. The van der Waals surface area contributed by atoms with Crippen LogP contribution in [0.25, 0.3) is 0 Å². The third kappa shape index (κ3) is 3.12. The zero-order valence-corrected chi connectivity index (χ0v) is 12.2. The number of aryl methyl sites for hydroxylation is 1. The van der Waals surface area contributed by atoms with Crippen LogP contribution in [-0.2, 0) is 0 Å². The molecule has 0 fully saturated rings. The van der Waals surface area contributed by atoms with E-state index in [-0.39, 0.29) is 5.28 Å². The molecule has 1 aromatic heterocycles. The van der Waals surface area contributed by atoms with Gasteiger partial charge in [-0.25, -0.2) is 0 Å². The number of nitrogens with zero attached hydrogens (tertiary/aromatic N) is 5. The highest BCUT2D eigenvalue weighted by Crippen LogP contribution is 2.22. The lowest BCUT2D eigenvalue weighted by Crippen LogP contribution is -2.18. The average Bonchev–Trinajstić information content (AvgIpc) is 2.38. The molecule has 1 aromatic carbocycles. The number of hydrogen-bond donors (Lipinski definition) is 0. The van der Waals surface area contributed by atoms with E-state index in [2.05, 4.69) is 15.0 Å². The predicted octanol–water partition coefficient (Wildman–Crippen LogP) is 2.67. The molecule has 0 aliphatic rings. The van der Waals surface area contributed by atoms with Crippen molar-refractivity contribution in [3.63, 3.8) is 0 Å². The first-order valence-corrected chi connectivity index (χ1v) is 6.24. The maximum atomic E-state index is 5.94. The van der Waals surface area contributed by atoms with Crippen LogP contribution in [0.3, 0.4) is 0 Å². The second kappa shape index (κ2) is 5.40. The molecule has 2 aromatic rings. The van der Waals surface area contributed by atoms with Gasteiger partial charge in [0.25, 0.3) is 0 Å². The van der Waals surface area contributed by atoms with Gasteiger partial charge in [-0.3, -0.25) is 0 Å². The molecule has 1 heterocycles. The zero-order chi connectivity index (χ0) is 14.0. The largest absolute Gasteiger partial charge is 0.347 e. The van der Waals surface area contributed by atoms with Crippen molar-refractivity contribution in [2.75, 3.05) is 30.9 Å². The average molecular weight is 278 g/mol. The van der Waals surface area contributed by atoms with Gasteiger partial charge in [0.05, 0.1) is 0 Å². The Bertz CT molecular complexity index is 568. The maximum absolute atomic E-state index is 5.94. The lowest BCUT2D eigenvalue weighted by atomic mass is 10.2. The number of rotatable bonds is 3. The minimum atomic E-state index is 0.188. The molecular weight excluding hydrogens is 262 g/mol. The SMILES string of the molecule is Cc1ccc(N(C)c2nc(Cl)nc(N(C)C)n2)cc1. The number of aromatic nitrogens is 3. The summed E-state index contributed by atoms with van der Waals surface area (Å²) in [7, 11) is 5.62. The van der Waals surface area contributed by atoms with E-state index in [1.54, 1.807) is 4.90 Å². The lowest BCUT2D eigenvalue weighted by molar-refractivity contribution is 0.931. The first kappa shape index (κ1) is 13.5. The van der Waals surface area contributed by atoms with E-state index in [9.17, 15) is 0 Å². The van der Waals surface area contributed by atoms with E-state index in [1.165, 1.54) is 5.56 Å². The standard InChI is InChI=1S/C13H16ClN5/c1-9-5-7-10(8-6-9)19(4)13-16-11(14)15-12(17-13)18(2)3/h5-8H,1-4H3. The molecule has 0 unspecified atom stereocenters. The maximum Gasteiger partial charge on any atom is 0.235 e. The molecule has 0 atom stereocenters. The summed E-state index contributed by atoms with van der Waals surface area (Å²) in [6.45, 7) is 2.05. The molecule has 0 saturated carbocycles. The molecule has 6 heteroatoms. The van der Waals surface area contributed by atoms with Crippen LogP contribution >= 0.6 is 11.6 Å². The van der Waals surface area contributed by atoms with Gasteiger partial charge < -0.3 is 9.80 Å². The molecule has 100 valence electrons. The van der Waals surface area contributed by atoms with E-state index in [4.69, 9.17) is 11.6 Å². The Morgan fingerprint density at radius 2 is 1.47 bits per heavy atom. The molecule has 0 N–H and O–H groups in total. The quantitative estimate of drug-likeness (QED) is 0.863. The Balaban J connectivity index is 2.38. The Morgan fingerprint density at radius 3 is 2.05 bits per heavy atom. The van der Waals surface area contributed by atoms with Gasteiger partial charge in [0.2, 0.25) is 17.2 Å². The van der Waals surface area contributed by atoms with Crippen molar-refractivity contribution in [3.8, 4) is 0 Å². The Hall–Kier alpha value is -1.88. The fraction of sp³-hybridized carbons (Fsp3) is 0.308. The minimum absolute atomic E-state index is 0.188. The van der Waals surface area contributed by atoms with Crippen LogP contribution in [0.15, 0.2) is 24.3 Å². The molecule has 0 aliphatic carbocycles. The Labute approximate surface area is 117 Å². The monoisotopic (exact) mass is 277 g/mol. The number of anilines is 3. The highest BCUT2D eigenvalue weighted by Gasteiger charge is 2.11.